The van der Waals surface area contributed by atoms with E-state index in [0.717, 1.165) is 51.0 Å². The summed E-state index contributed by atoms with van der Waals surface area (Å²) in [5.74, 6) is 1.72. The molecule has 1 aliphatic heterocycles. The number of urea groups is 1. The predicted octanol–water partition coefficient (Wildman–Crippen LogP) is 6.82. The summed E-state index contributed by atoms with van der Waals surface area (Å²) in [5, 5.41) is 8.08. The first-order valence-corrected chi connectivity index (χ1v) is 13.2. The average molecular weight is 518 g/mol. The Bertz CT molecular complexity index is 1640. The molecule has 3 heterocycles. The lowest BCUT2D eigenvalue weighted by Gasteiger charge is -2.31. The SMILES string of the molecule is CCOc1cccc([C@H]2c3cccn3-c3c(c(C)nn3-c3ccccc3)CN2C(=O)Nc2cccc(C)c2)c1. The first-order chi connectivity index (χ1) is 19.0. The summed E-state index contributed by atoms with van der Waals surface area (Å²) in [7, 11) is 0. The molecule has 0 aliphatic carbocycles. The van der Waals surface area contributed by atoms with Crippen molar-refractivity contribution in [2.24, 2.45) is 0 Å². The van der Waals surface area contributed by atoms with Crippen LogP contribution in [0.25, 0.3) is 11.5 Å². The second kappa shape index (κ2) is 10.2. The first-order valence-electron chi connectivity index (χ1n) is 13.2. The minimum atomic E-state index is -0.360. The monoisotopic (exact) mass is 517 g/mol. The van der Waals surface area contributed by atoms with Gasteiger partial charge in [0.05, 0.1) is 36.3 Å². The van der Waals surface area contributed by atoms with Crippen molar-refractivity contribution in [3.63, 3.8) is 0 Å². The van der Waals surface area contributed by atoms with Crippen molar-refractivity contribution in [2.75, 3.05) is 11.9 Å². The predicted molar refractivity (Wildman–Crippen MR) is 153 cm³/mol. The number of hydrogen-bond donors (Lipinski definition) is 1. The Balaban J connectivity index is 1.53. The van der Waals surface area contributed by atoms with Crippen molar-refractivity contribution in [2.45, 2.75) is 33.4 Å². The fourth-order valence-corrected chi connectivity index (χ4v) is 5.36. The zero-order valence-electron chi connectivity index (χ0n) is 22.3. The number of aryl methyl sites for hydroxylation is 2. The highest BCUT2D eigenvalue weighted by molar-refractivity contribution is 5.90. The van der Waals surface area contributed by atoms with Crippen molar-refractivity contribution < 1.29 is 9.53 Å². The molecule has 0 saturated carbocycles. The fraction of sp³-hybridized carbons (Fsp3) is 0.188. The van der Waals surface area contributed by atoms with Gasteiger partial charge in [0, 0.05) is 17.4 Å². The quantitative estimate of drug-likeness (QED) is 0.278. The largest absolute Gasteiger partial charge is 0.494 e. The Morgan fingerprint density at radius 1 is 0.974 bits per heavy atom. The number of carbonyl (C=O) groups excluding carboxylic acids is 1. The van der Waals surface area contributed by atoms with Gasteiger partial charge in [-0.15, -0.1) is 0 Å². The van der Waals surface area contributed by atoms with E-state index in [-0.39, 0.29) is 12.1 Å². The van der Waals surface area contributed by atoms with Gasteiger partial charge in [-0.1, -0.05) is 42.5 Å². The van der Waals surface area contributed by atoms with Crippen LogP contribution in [0.1, 0.15) is 41.0 Å². The molecule has 0 unspecified atom stereocenters. The third kappa shape index (κ3) is 4.56. The van der Waals surface area contributed by atoms with E-state index in [0.29, 0.717) is 13.2 Å². The molecule has 1 aliphatic rings. The number of carbonyl (C=O) groups is 1. The third-order valence-corrected chi connectivity index (χ3v) is 7.10. The molecular formula is C32H31N5O2. The van der Waals surface area contributed by atoms with Gasteiger partial charge in [0.15, 0.2) is 0 Å². The summed E-state index contributed by atoms with van der Waals surface area (Å²) in [6, 6.07) is 29.6. The minimum Gasteiger partial charge on any atom is -0.494 e. The highest BCUT2D eigenvalue weighted by Crippen LogP contribution is 2.39. The van der Waals surface area contributed by atoms with Crippen LogP contribution in [0.2, 0.25) is 0 Å². The van der Waals surface area contributed by atoms with Gasteiger partial charge in [-0.2, -0.15) is 5.10 Å². The van der Waals surface area contributed by atoms with E-state index in [2.05, 4.69) is 28.2 Å². The van der Waals surface area contributed by atoms with Crippen molar-refractivity contribution in [1.82, 2.24) is 19.2 Å². The summed E-state index contributed by atoms with van der Waals surface area (Å²) in [5.41, 5.74) is 6.64. The second-order valence-corrected chi connectivity index (χ2v) is 9.77. The zero-order valence-corrected chi connectivity index (χ0v) is 22.3. The van der Waals surface area contributed by atoms with E-state index in [9.17, 15) is 4.79 Å². The van der Waals surface area contributed by atoms with Crippen LogP contribution in [0, 0.1) is 13.8 Å². The molecule has 7 nitrogen and oxygen atoms in total. The first kappa shape index (κ1) is 24.6. The van der Waals surface area contributed by atoms with Gasteiger partial charge in [-0.25, -0.2) is 9.48 Å². The van der Waals surface area contributed by atoms with Crippen LogP contribution in [-0.4, -0.2) is 31.9 Å². The van der Waals surface area contributed by atoms with Gasteiger partial charge in [-0.3, -0.25) is 0 Å². The maximum atomic E-state index is 14.1. The molecule has 0 spiro atoms. The van der Waals surface area contributed by atoms with Crippen molar-refractivity contribution in [1.29, 1.82) is 0 Å². The Morgan fingerprint density at radius 2 is 1.79 bits per heavy atom. The fourth-order valence-electron chi connectivity index (χ4n) is 5.36. The lowest BCUT2D eigenvalue weighted by molar-refractivity contribution is 0.194. The molecule has 0 fully saturated rings. The van der Waals surface area contributed by atoms with E-state index in [1.165, 1.54) is 0 Å². The van der Waals surface area contributed by atoms with Crippen LogP contribution in [0.15, 0.2) is 97.2 Å². The third-order valence-electron chi connectivity index (χ3n) is 7.10. The summed E-state index contributed by atoms with van der Waals surface area (Å²) in [4.78, 5) is 16.0. The van der Waals surface area contributed by atoms with E-state index in [1.54, 1.807) is 0 Å². The van der Waals surface area contributed by atoms with Gasteiger partial charge < -0.3 is 19.5 Å². The van der Waals surface area contributed by atoms with Crippen LogP contribution in [0.4, 0.5) is 10.5 Å². The Morgan fingerprint density at radius 3 is 2.59 bits per heavy atom. The van der Waals surface area contributed by atoms with E-state index in [1.807, 2.05) is 109 Å². The topological polar surface area (TPSA) is 64.3 Å². The average Bonchev–Trinajstić information content (AvgIpc) is 3.50. The van der Waals surface area contributed by atoms with Crippen LogP contribution < -0.4 is 10.1 Å². The molecule has 1 atom stereocenters. The summed E-state index contributed by atoms with van der Waals surface area (Å²) in [6.07, 6.45) is 2.05. The standard InChI is InChI=1S/C32H31N5O2/c1-4-39-27-16-9-12-24(20-27)30-29-17-10-18-35(29)31-28(23(3)34-37(31)26-14-6-5-7-15-26)21-36(30)32(38)33-25-13-8-11-22(2)19-25/h5-20,30H,4,21H2,1-3H3,(H,33,38)/t30-/m0/s1. The van der Waals surface area contributed by atoms with Crippen LogP contribution in [0.3, 0.4) is 0 Å². The highest BCUT2D eigenvalue weighted by atomic mass is 16.5. The van der Waals surface area contributed by atoms with Gasteiger partial charge in [-0.05, 0) is 80.4 Å². The Hall–Kier alpha value is -4.78. The number of para-hydroxylation sites is 1. The number of benzene rings is 3. The molecule has 0 radical (unpaired) electrons. The molecule has 0 saturated heterocycles. The van der Waals surface area contributed by atoms with E-state index in [4.69, 9.17) is 9.84 Å². The lowest BCUT2D eigenvalue weighted by Crippen LogP contribution is -2.38. The van der Waals surface area contributed by atoms with Crippen LogP contribution in [-0.2, 0) is 6.54 Å². The van der Waals surface area contributed by atoms with Crippen LogP contribution in [0.5, 0.6) is 5.75 Å². The number of hydrogen-bond acceptors (Lipinski definition) is 3. The Kier molecular flexibility index (Phi) is 6.40. The maximum Gasteiger partial charge on any atom is 0.322 e. The number of ether oxygens (including phenoxy) is 1. The summed E-state index contributed by atoms with van der Waals surface area (Å²) < 4.78 is 9.99. The number of nitrogens with zero attached hydrogens (tertiary/aromatic N) is 4. The molecule has 5 aromatic rings. The molecular weight excluding hydrogens is 486 g/mol. The number of fused-ring (bicyclic) bond motifs is 3. The molecule has 6 rings (SSSR count). The van der Waals surface area contributed by atoms with E-state index < -0.39 is 0 Å². The number of aromatic nitrogens is 3. The number of rotatable bonds is 5. The Labute approximate surface area is 228 Å². The lowest BCUT2D eigenvalue weighted by atomic mass is 10.0. The van der Waals surface area contributed by atoms with Crippen molar-refractivity contribution >= 4 is 11.7 Å². The molecule has 2 amide bonds. The van der Waals surface area contributed by atoms with Gasteiger partial charge >= 0.3 is 6.03 Å². The second-order valence-electron chi connectivity index (χ2n) is 9.77. The smallest absolute Gasteiger partial charge is 0.322 e. The highest BCUT2D eigenvalue weighted by Gasteiger charge is 2.36. The number of nitrogens with one attached hydrogen (secondary N) is 1. The van der Waals surface area contributed by atoms with Crippen LogP contribution >= 0.6 is 0 Å². The molecule has 0 bridgehead atoms. The minimum absolute atomic E-state index is 0.181. The molecule has 2 aromatic heterocycles. The molecule has 3 aromatic carbocycles. The van der Waals surface area contributed by atoms with Crippen molar-refractivity contribution in [3.8, 4) is 17.3 Å². The molecule has 1 N–H and O–H groups in total. The molecule has 7 heteroatoms. The number of amides is 2. The molecule has 196 valence electrons. The zero-order chi connectivity index (χ0) is 26.9. The van der Waals surface area contributed by atoms with Gasteiger partial charge in [0.1, 0.15) is 11.6 Å². The summed E-state index contributed by atoms with van der Waals surface area (Å²) >= 11 is 0. The van der Waals surface area contributed by atoms with E-state index >= 15 is 0 Å². The van der Waals surface area contributed by atoms with Gasteiger partial charge in [0.25, 0.3) is 0 Å². The molecule has 39 heavy (non-hydrogen) atoms. The normalized spacial score (nSPS) is 14.3. The van der Waals surface area contributed by atoms with Crippen molar-refractivity contribution in [3.05, 3.63) is 125 Å². The summed E-state index contributed by atoms with van der Waals surface area (Å²) in [6.45, 7) is 6.95. The maximum absolute atomic E-state index is 14.1. The van der Waals surface area contributed by atoms with Gasteiger partial charge in [0.2, 0.25) is 0 Å². The number of anilines is 1.